The molecule has 1 N–H and O–H groups in total. The summed E-state index contributed by atoms with van der Waals surface area (Å²) in [6.45, 7) is 5.21. The lowest BCUT2D eigenvalue weighted by atomic mass is 9.78. The first-order valence-electron chi connectivity index (χ1n) is 7.04. The molecule has 0 aromatic carbocycles. The number of β-amino-alcohol motifs (C(OH)–C–C–N with tert-alkyl or cyclic N) is 1. The number of ether oxygens (including phenoxy) is 1. The van der Waals surface area contributed by atoms with E-state index in [0.717, 1.165) is 18.8 Å². The third-order valence-corrected chi connectivity index (χ3v) is 4.83. The van der Waals surface area contributed by atoms with E-state index in [1.165, 1.54) is 13.5 Å². The van der Waals surface area contributed by atoms with Crippen LogP contribution in [0.25, 0.3) is 0 Å². The standard InChI is InChI=1S/C14H25NO3/c1-9-4-5-11(6-10(9)2)15-8-12(16)7-13(15)14(17)18-3/h9-13,16H,4-8H2,1-3H3. The molecule has 5 atom stereocenters. The number of nitrogens with zero attached hydrogens (tertiary/aromatic N) is 1. The molecule has 2 aliphatic rings. The van der Waals surface area contributed by atoms with Crippen molar-refractivity contribution >= 4 is 5.97 Å². The van der Waals surface area contributed by atoms with Gasteiger partial charge in [0.2, 0.25) is 0 Å². The fourth-order valence-corrected chi connectivity index (χ4v) is 3.43. The van der Waals surface area contributed by atoms with Crippen molar-refractivity contribution in [1.29, 1.82) is 0 Å². The minimum Gasteiger partial charge on any atom is -0.468 e. The van der Waals surface area contributed by atoms with Crippen molar-refractivity contribution in [3.05, 3.63) is 0 Å². The van der Waals surface area contributed by atoms with Gasteiger partial charge in [0.05, 0.1) is 13.2 Å². The first-order chi connectivity index (χ1) is 8.52. The van der Waals surface area contributed by atoms with Crippen molar-refractivity contribution in [2.45, 2.75) is 57.7 Å². The molecular weight excluding hydrogens is 230 g/mol. The second-order valence-electron chi connectivity index (χ2n) is 6.05. The predicted molar refractivity (Wildman–Crippen MR) is 69.1 cm³/mol. The van der Waals surface area contributed by atoms with Crippen LogP contribution in [0.2, 0.25) is 0 Å². The second-order valence-corrected chi connectivity index (χ2v) is 6.05. The summed E-state index contributed by atoms with van der Waals surface area (Å²) in [5.41, 5.74) is 0. The molecule has 1 aliphatic carbocycles. The van der Waals surface area contributed by atoms with Crippen LogP contribution >= 0.6 is 0 Å². The van der Waals surface area contributed by atoms with Crippen LogP contribution in [0.3, 0.4) is 0 Å². The van der Waals surface area contributed by atoms with Crippen molar-refractivity contribution in [3.63, 3.8) is 0 Å². The Morgan fingerprint density at radius 3 is 2.56 bits per heavy atom. The third-order valence-electron chi connectivity index (χ3n) is 4.83. The lowest BCUT2D eigenvalue weighted by Gasteiger charge is -2.39. The van der Waals surface area contributed by atoms with Gasteiger partial charge in [-0.15, -0.1) is 0 Å². The van der Waals surface area contributed by atoms with Crippen LogP contribution in [0.1, 0.15) is 39.5 Å². The van der Waals surface area contributed by atoms with Gasteiger partial charge in [-0.2, -0.15) is 0 Å². The molecule has 0 aromatic rings. The van der Waals surface area contributed by atoms with Gasteiger partial charge in [-0.25, -0.2) is 0 Å². The first kappa shape index (κ1) is 13.8. The predicted octanol–water partition coefficient (Wildman–Crippen LogP) is 1.42. The monoisotopic (exact) mass is 255 g/mol. The Balaban J connectivity index is 2.04. The lowest BCUT2D eigenvalue weighted by Crippen LogP contribution is -2.46. The number of carbonyl (C=O) groups is 1. The molecule has 1 aliphatic heterocycles. The summed E-state index contributed by atoms with van der Waals surface area (Å²) in [5, 5.41) is 9.81. The Morgan fingerprint density at radius 2 is 1.94 bits per heavy atom. The molecule has 0 aromatic heterocycles. The molecule has 4 nitrogen and oxygen atoms in total. The number of aliphatic hydroxyl groups excluding tert-OH is 1. The van der Waals surface area contributed by atoms with Gasteiger partial charge in [0, 0.05) is 19.0 Å². The Labute approximate surface area is 109 Å². The van der Waals surface area contributed by atoms with Crippen LogP contribution in [0.15, 0.2) is 0 Å². The van der Waals surface area contributed by atoms with Crippen LogP contribution in [0.5, 0.6) is 0 Å². The zero-order chi connectivity index (χ0) is 13.3. The number of hydrogen-bond donors (Lipinski definition) is 1. The fraction of sp³-hybridized carbons (Fsp3) is 0.929. The first-order valence-corrected chi connectivity index (χ1v) is 7.04. The van der Waals surface area contributed by atoms with E-state index in [1.54, 1.807) is 0 Å². The molecule has 5 unspecified atom stereocenters. The molecule has 4 heteroatoms. The van der Waals surface area contributed by atoms with E-state index >= 15 is 0 Å². The zero-order valence-electron chi connectivity index (χ0n) is 11.6. The number of carbonyl (C=O) groups excluding carboxylic acids is 1. The average molecular weight is 255 g/mol. The van der Waals surface area contributed by atoms with Gasteiger partial charge in [0.1, 0.15) is 6.04 Å². The molecule has 1 saturated heterocycles. The van der Waals surface area contributed by atoms with Gasteiger partial charge in [0.15, 0.2) is 0 Å². The van der Waals surface area contributed by atoms with Gasteiger partial charge in [-0.05, 0) is 31.1 Å². The normalized spacial score (nSPS) is 41.9. The Kier molecular flexibility index (Phi) is 4.28. The number of hydrogen-bond acceptors (Lipinski definition) is 4. The van der Waals surface area contributed by atoms with Crippen LogP contribution < -0.4 is 0 Å². The van der Waals surface area contributed by atoms with Gasteiger partial charge in [-0.3, -0.25) is 9.69 Å². The van der Waals surface area contributed by atoms with E-state index in [4.69, 9.17) is 4.74 Å². The molecule has 1 saturated carbocycles. The van der Waals surface area contributed by atoms with E-state index < -0.39 is 0 Å². The summed E-state index contributed by atoms with van der Waals surface area (Å²) in [5.74, 6) is 1.27. The summed E-state index contributed by atoms with van der Waals surface area (Å²) in [7, 11) is 1.43. The maximum atomic E-state index is 11.8. The van der Waals surface area contributed by atoms with Crippen LogP contribution in [-0.4, -0.2) is 47.8 Å². The molecule has 18 heavy (non-hydrogen) atoms. The number of aliphatic hydroxyl groups is 1. The minimum absolute atomic E-state index is 0.196. The van der Waals surface area contributed by atoms with Crippen molar-refractivity contribution in [2.24, 2.45) is 11.8 Å². The SMILES string of the molecule is COC(=O)C1CC(O)CN1C1CCC(C)C(C)C1. The number of rotatable bonds is 2. The van der Waals surface area contributed by atoms with Crippen molar-refractivity contribution < 1.29 is 14.6 Å². The molecule has 0 bridgehead atoms. The number of likely N-dealkylation sites (tertiary alicyclic amines) is 1. The molecule has 0 amide bonds. The second kappa shape index (κ2) is 5.57. The number of methoxy groups -OCH3 is 1. The van der Waals surface area contributed by atoms with Gasteiger partial charge < -0.3 is 9.84 Å². The molecule has 2 fully saturated rings. The maximum absolute atomic E-state index is 11.8. The lowest BCUT2D eigenvalue weighted by molar-refractivity contribution is -0.147. The quantitative estimate of drug-likeness (QED) is 0.758. The van der Waals surface area contributed by atoms with Crippen molar-refractivity contribution in [1.82, 2.24) is 4.90 Å². The summed E-state index contributed by atoms with van der Waals surface area (Å²) < 4.78 is 4.86. The average Bonchev–Trinajstić information content (AvgIpc) is 2.74. The van der Waals surface area contributed by atoms with Gasteiger partial charge in [0.25, 0.3) is 0 Å². The minimum atomic E-state index is -0.385. The van der Waals surface area contributed by atoms with Crippen molar-refractivity contribution in [2.75, 3.05) is 13.7 Å². The van der Waals surface area contributed by atoms with E-state index in [-0.39, 0.29) is 18.1 Å². The zero-order valence-corrected chi connectivity index (χ0v) is 11.6. The molecule has 2 rings (SSSR count). The molecule has 0 spiro atoms. The largest absolute Gasteiger partial charge is 0.468 e. The highest BCUT2D eigenvalue weighted by molar-refractivity contribution is 5.76. The van der Waals surface area contributed by atoms with Crippen molar-refractivity contribution in [3.8, 4) is 0 Å². The Morgan fingerprint density at radius 1 is 1.22 bits per heavy atom. The summed E-state index contributed by atoms with van der Waals surface area (Å²) in [6, 6.07) is 0.188. The molecule has 104 valence electrons. The van der Waals surface area contributed by atoms with E-state index in [0.29, 0.717) is 24.9 Å². The van der Waals surface area contributed by atoms with E-state index in [9.17, 15) is 9.90 Å². The maximum Gasteiger partial charge on any atom is 0.323 e. The van der Waals surface area contributed by atoms with Crippen LogP contribution in [-0.2, 0) is 9.53 Å². The third kappa shape index (κ3) is 2.69. The highest BCUT2D eigenvalue weighted by Gasteiger charge is 2.42. The van der Waals surface area contributed by atoms with E-state index in [1.807, 2.05) is 0 Å². The smallest absolute Gasteiger partial charge is 0.323 e. The number of esters is 1. The summed E-state index contributed by atoms with van der Waals surface area (Å²) in [6.07, 6.45) is 3.61. The van der Waals surface area contributed by atoms with E-state index in [2.05, 4.69) is 18.7 Å². The van der Waals surface area contributed by atoms with Crippen LogP contribution in [0, 0.1) is 11.8 Å². The molecular formula is C14H25NO3. The topological polar surface area (TPSA) is 49.8 Å². The highest BCUT2D eigenvalue weighted by Crippen LogP contribution is 2.35. The Hall–Kier alpha value is -0.610. The van der Waals surface area contributed by atoms with Gasteiger partial charge >= 0.3 is 5.97 Å². The summed E-state index contributed by atoms with van der Waals surface area (Å²) in [4.78, 5) is 14.0. The fourth-order valence-electron chi connectivity index (χ4n) is 3.43. The molecule has 0 radical (unpaired) electrons. The highest BCUT2D eigenvalue weighted by atomic mass is 16.5. The summed E-state index contributed by atoms with van der Waals surface area (Å²) >= 11 is 0. The Bertz CT molecular complexity index is 307. The van der Waals surface area contributed by atoms with Crippen LogP contribution in [0.4, 0.5) is 0 Å². The molecule has 1 heterocycles. The van der Waals surface area contributed by atoms with Gasteiger partial charge in [-0.1, -0.05) is 13.8 Å².